The summed E-state index contributed by atoms with van der Waals surface area (Å²) in [7, 11) is -3.49. The van der Waals surface area contributed by atoms with E-state index in [2.05, 4.69) is 0 Å². The molecule has 5 nitrogen and oxygen atoms in total. The van der Waals surface area contributed by atoms with Crippen molar-refractivity contribution in [2.45, 2.75) is 30.6 Å². The van der Waals surface area contributed by atoms with Crippen molar-refractivity contribution in [1.82, 2.24) is 0 Å². The second-order valence-corrected chi connectivity index (χ2v) is 7.41. The lowest BCUT2D eigenvalue weighted by molar-refractivity contribution is -0.139. The largest absolute Gasteiger partial charge is 0.480 e. The smallest absolute Gasteiger partial charge is 0.325 e. The van der Waals surface area contributed by atoms with Crippen LogP contribution in [0.4, 0.5) is 0 Å². The minimum Gasteiger partial charge on any atom is -0.480 e. The van der Waals surface area contributed by atoms with Gasteiger partial charge < -0.3 is 10.8 Å². The number of hydrogen-bond acceptors (Lipinski definition) is 4. The highest BCUT2D eigenvalue weighted by atomic mass is 32.2. The van der Waals surface area contributed by atoms with E-state index in [0.29, 0.717) is 5.56 Å². The highest BCUT2D eigenvalue weighted by Crippen LogP contribution is 2.54. The number of carboxylic acids is 1. The summed E-state index contributed by atoms with van der Waals surface area (Å²) in [5, 5.41) is 8.20. The number of sulfone groups is 1. The van der Waals surface area contributed by atoms with E-state index in [1.165, 1.54) is 6.92 Å². The number of rotatable bonds is 4. The average molecular weight is 283 g/mol. The van der Waals surface area contributed by atoms with E-state index in [1.54, 1.807) is 12.1 Å². The second-order valence-electron chi connectivity index (χ2n) is 5.00. The maximum absolute atomic E-state index is 12.0. The summed E-state index contributed by atoms with van der Waals surface area (Å²) in [5.74, 6) is -2.04. The van der Waals surface area contributed by atoms with Crippen molar-refractivity contribution in [2.75, 3.05) is 5.75 Å². The predicted octanol–water partition coefficient (Wildman–Crippen LogP) is 0.678. The molecule has 1 fully saturated rings. The zero-order chi connectivity index (χ0) is 14.4. The van der Waals surface area contributed by atoms with Gasteiger partial charge in [-0.3, -0.25) is 4.79 Å². The molecule has 6 heteroatoms. The number of benzene rings is 1. The minimum absolute atomic E-state index is 0.105. The third kappa shape index (κ3) is 2.04. The Balaban J connectivity index is 2.45. The van der Waals surface area contributed by atoms with Gasteiger partial charge in [-0.05, 0) is 12.5 Å². The fourth-order valence-electron chi connectivity index (χ4n) is 2.54. The van der Waals surface area contributed by atoms with Crippen LogP contribution in [0.15, 0.2) is 24.3 Å². The van der Waals surface area contributed by atoms with Crippen LogP contribution in [0, 0.1) is 6.92 Å². The molecule has 1 aliphatic rings. The molecule has 2 rings (SSSR count). The van der Waals surface area contributed by atoms with Gasteiger partial charge in [-0.1, -0.05) is 36.8 Å². The molecule has 0 bridgehead atoms. The predicted molar refractivity (Wildman–Crippen MR) is 71.7 cm³/mol. The standard InChI is InChI=1S/C13H17NO4S/c1-3-19(17,18)11-10(13(11,14)12(15)16)9-6-4-8(2)5-7-9/h4-7,10-11H,3,14H2,1-2H3,(H,15,16)/t10-,11+,13+/m1/s1. The van der Waals surface area contributed by atoms with Crippen LogP contribution in [0.3, 0.4) is 0 Å². The Kier molecular flexibility index (Phi) is 3.18. The monoisotopic (exact) mass is 283 g/mol. The maximum atomic E-state index is 12.0. The third-order valence-electron chi connectivity index (χ3n) is 3.78. The first kappa shape index (κ1) is 14.0. The third-order valence-corrected chi connectivity index (χ3v) is 6.02. The van der Waals surface area contributed by atoms with Gasteiger partial charge in [-0.2, -0.15) is 0 Å². The number of nitrogens with two attached hydrogens (primary N) is 1. The summed E-state index contributed by atoms with van der Waals surface area (Å²) in [5.41, 5.74) is 5.82. The molecule has 0 radical (unpaired) electrons. The Morgan fingerprint density at radius 2 is 1.89 bits per heavy atom. The van der Waals surface area contributed by atoms with E-state index < -0.39 is 32.5 Å². The van der Waals surface area contributed by atoms with Crippen molar-refractivity contribution >= 4 is 15.8 Å². The molecule has 0 aliphatic heterocycles. The van der Waals surface area contributed by atoms with Crippen molar-refractivity contribution in [3.05, 3.63) is 35.4 Å². The molecule has 19 heavy (non-hydrogen) atoms. The van der Waals surface area contributed by atoms with Gasteiger partial charge in [0.2, 0.25) is 0 Å². The van der Waals surface area contributed by atoms with Crippen molar-refractivity contribution in [3.8, 4) is 0 Å². The second kappa shape index (κ2) is 4.31. The number of aliphatic carboxylic acids is 1. The van der Waals surface area contributed by atoms with Gasteiger partial charge in [0.1, 0.15) is 5.54 Å². The van der Waals surface area contributed by atoms with Crippen molar-refractivity contribution < 1.29 is 18.3 Å². The lowest BCUT2D eigenvalue weighted by atomic mass is 10.1. The van der Waals surface area contributed by atoms with E-state index in [9.17, 15) is 18.3 Å². The van der Waals surface area contributed by atoms with Crippen LogP contribution >= 0.6 is 0 Å². The summed E-state index contributed by atoms with van der Waals surface area (Å²) < 4.78 is 24.0. The summed E-state index contributed by atoms with van der Waals surface area (Å²) >= 11 is 0. The van der Waals surface area contributed by atoms with Crippen LogP contribution in [0.1, 0.15) is 24.0 Å². The summed E-state index contributed by atoms with van der Waals surface area (Å²) in [6.45, 7) is 3.41. The first-order chi connectivity index (χ1) is 8.75. The average Bonchev–Trinajstić information content (AvgIpc) is 2.99. The highest BCUT2D eigenvalue weighted by molar-refractivity contribution is 7.92. The Morgan fingerprint density at radius 3 is 2.32 bits per heavy atom. The van der Waals surface area contributed by atoms with E-state index in [0.717, 1.165) is 5.56 Å². The quantitative estimate of drug-likeness (QED) is 0.846. The lowest BCUT2D eigenvalue weighted by Crippen LogP contribution is -2.40. The molecule has 1 aromatic rings. The van der Waals surface area contributed by atoms with E-state index in [1.807, 2.05) is 19.1 Å². The summed E-state index contributed by atoms with van der Waals surface area (Å²) in [6.07, 6.45) is 0. The van der Waals surface area contributed by atoms with Crippen LogP contribution in [0.2, 0.25) is 0 Å². The van der Waals surface area contributed by atoms with Gasteiger partial charge in [-0.25, -0.2) is 8.42 Å². The van der Waals surface area contributed by atoms with Crippen LogP contribution in [-0.4, -0.2) is 36.0 Å². The Bertz CT molecular complexity index is 608. The van der Waals surface area contributed by atoms with E-state index in [4.69, 9.17) is 5.73 Å². The van der Waals surface area contributed by atoms with Crippen LogP contribution < -0.4 is 5.73 Å². The van der Waals surface area contributed by atoms with Gasteiger partial charge in [0.15, 0.2) is 9.84 Å². The van der Waals surface area contributed by atoms with Crippen LogP contribution in [0.25, 0.3) is 0 Å². The van der Waals surface area contributed by atoms with E-state index in [-0.39, 0.29) is 5.75 Å². The lowest BCUT2D eigenvalue weighted by Gasteiger charge is -2.05. The number of carboxylic acid groups (broad SMARTS) is 1. The first-order valence-electron chi connectivity index (χ1n) is 6.05. The van der Waals surface area contributed by atoms with Crippen LogP contribution in [0.5, 0.6) is 0 Å². The topological polar surface area (TPSA) is 97.5 Å². The molecule has 3 N–H and O–H groups in total. The zero-order valence-electron chi connectivity index (χ0n) is 10.8. The normalized spacial score (nSPS) is 30.1. The molecule has 1 aromatic carbocycles. The number of hydrogen-bond donors (Lipinski definition) is 2. The molecule has 0 heterocycles. The molecule has 0 unspecified atom stereocenters. The molecule has 3 atom stereocenters. The molecule has 0 aromatic heterocycles. The summed E-state index contributed by atoms with van der Waals surface area (Å²) in [6, 6.07) is 7.14. The Hall–Kier alpha value is -1.40. The summed E-state index contributed by atoms with van der Waals surface area (Å²) in [4.78, 5) is 11.3. The Labute approximate surface area is 112 Å². The molecular formula is C13H17NO4S. The van der Waals surface area contributed by atoms with Crippen molar-refractivity contribution in [1.29, 1.82) is 0 Å². The number of aryl methyl sites for hydroxylation is 1. The fraction of sp³-hybridized carbons (Fsp3) is 0.462. The molecular weight excluding hydrogens is 266 g/mol. The van der Waals surface area contributed by atoms with Gasteiger partial charge in [-0.15, -0.1) is 0 Å². The van der Waals surface area contributed by atoms with Gasteiger partial charge in [0, 0.05) is 11.7 Å². The highest BCUT2D eigenvalue weighted by Gasteiger charge is 2.73. The fourth-order valence-corrected chi connectivity index (χ4v) is 4.46. The minimum atomic E-state index is -3.49. The van der Waals surface area contributed by atoms with Gasteiger partial charge in [0.25, 0.3) is 0 Å². The molecule has 0 amide bonds. The van der Waals surface area contributed by atoms with Crippen molar-refractivity contribution in [2.24, 2.45) is 5.73 Å². The zero-order valence-corrected chi connectivity index (χ0v) is 11.6. The molecule has 1 saturated carbocycles. The van der Waals surface area contributed by atoms with Crippen molar-refractivity contribution in [3.63, 3.8) is 0 Å². The van der Waals surface area contributed by atoms with Gasteiger partial charge >= 0.3 is 5.97 Å². The van der Waals surface area contributed by atoms with Gasteiger partial charge in [0.05, 0.1) is 5.25 Å². The number of carbonyl (C=O) groups is 1. The first-order valence-corrected chi connectivity index (χ1v) is 7.77. The van der Waals surface area contributed by atoms with Crippen LogP contribution in [-0.2, 0) is 14.6 Å². The SMILES string of the molecule is CCS(=O)(=O)[C@H]1[C@@H](c2ccc(C)cc2)[C@@]1(N)C(=O)O. The molecule has 0 saturated heterocycles. The Morgan fingerprint density at radius 1 is 1.37 bits per heavy atom. The molecule has 1 aliphatic carbocycles. The molecule has 104 valence electrons. The molecule has 0 spiro atoms. The maximum Gasteiger partial charge on any atom is 0.325 e. The van der Waals surface area contributed by atoms with E-state index >= 15 is 0 Å².